The number of piperidine rings is 1. The standard InChI is InChI=1S/C19H27FN2O2/c20-18-14-17(22(23)24)8-9-19(18)21-12-10-16(11-13-21)7-6-15-4-2-1-3-5-15/h8-9,14-16H,1-7,10-13H2. The van der Waals surface area contributed by atoms with Gasteiger partial charge in [-0.05, 0) is 30.7 Å². The Labute approximate surface area is 143 Å². The molecule has 24 heavy (non-hydrogen) atoms. The van der Waals surface area contributed by atoms with Gasteiger partial charge in [-0.2, -0.15) is 0 Å². The lowest BCUT2D eigenvalue weighted by atomic mass is 9.82. The van der Waals surface area contributed by atoms with Gasteiger partial charge in [-0.15, -0.1) is 0 Å². The maximum absolute atomic E-state index is 14.1. The van der Waals surface area contributed by atoms with Crippen molar-refractivity contribution < 1.29 is 9.31 Å². The van der Waals surface area contributed by atoms with E-state index in [4.69, 9.17) is 0 Å². The lowest BCUT2D eigenvalue weighted by Crippen LogP contribution is -2.34. The SMILES string of the molecule is O=[N+]([O-])c1ccc(N2CCC(CCC3CCCCC3)CC2)c(F)c1. The molecule has 1 aliphatic carbocycles. The van der Waals surface area contributed by atoms with Crippen LogP contribution in [0.25, 0.3) is 0 Å². The lowest BCUT2D eigenvalue weighted by molar-refractivity contribution is -0.385. The van der Waals surface area contributed by atoms with Crippen LogP contribution in [0.2, 0.25) is 0 Å². The molecule has 0 aromatic heterocycles. The summed E-state index contributed by atoms with van der Waals surface area (Å²) < 4.78 is 14.1. The van der Waals surface area contributed by atoms with E-state index in [1.807, 2.05) is 4.90 Å². The van der Waals surface area contributed by atoms with Gasteiger partial charge in [-0.25, -0.2) is 4.39 Å². The molecule has 3 rings (SSSR count). The Morgan fingerprint density at radius 2 is 1.67 bits per heavy atom. The van der Waals surface area contributed by atoms with Gasteiger partial charge in [0.25, 0.3) is 5.69 Å². The molecule has 1 aromatic carbocycles. The average Bonchev–Trinajstić information content (AvgIpc) is 2.61. The van der Waals surface area contributed by atoms with Gasteiger partial charge in [0.2, 0.25) is 0 Å². The van der Waals surface area contributed by atoms with Crippen molar-refractivity contribution in [2.75, 3.05) is 18.0 Å². The van der Waals surface area contributed by atoms with Crippen molar-refractivity contribution >= 4 is 11.4 Å². The molecule has 0 spiro atoms. The second kappa shape index (κ2) is 7.95. The van der Waals surface area contributed by atoms with E-state index in [0.717, 1.165) is 43.8 Å². The van der Waals surface area contributed by atoms with Crippen LogP contribution in [0.1, 0.15) is 57.8 Å². The van der Waals surface area contributed by atoms with Crippen LogP contribution in [0, 0.1) is 27.8 Å². The first kappa shape index (κ1) is 17.2. The van der Waals surface area contributed by atoms with Gasteiger partial charge in [-0.3, -0.25) is 10.1 Å². The summed E-state index contributed by atoms with van der Waals surface area (Å²) >= 11 is 0. The van der Waals surface area contributed by atoms with Gasteiger partial charge >= 0.3 is 0 Å². The highest BCUT2D eigenvalue weighted by molar-refractivity contribution is 5.52. The van der Waals surface area contributed by atoms with Gasteiger partial charge in [0.15, 0.2) is 5.82 Å². The van der Waals surface area contributed by atoms with Crippen molar-refractivity contribution in [1.82, 2.24) is 0 Å². The van der Waals surface area contributed by atoms with Gasteiger partial charge in [-0.1, -0.05) is 44.9 Å². The van der Waals surface area contributed by atoms with Gasteiger partial charge < -0.3 is 4.90 Å². The summed E-state index contributed by atoms with van der Waals surface area (Å²) in [5.41, 5.74) is 0.324. The highest BCUT2D eigenvalue weighted by Crippen LogP contribution is 2.33. The van der Waals surface area contributed by atoms with Crippen molar-refractivity contribution in [3.63, 3.8) is 0 Å². The van der Waals surface area contributed by atoms with Crippen molar-refractivity contribution in [1.29, 1.82) is 0 Å². The molecule has 0 radical (unpaired) electrons. The summed E-state index contributed by atoms with van der Waals surface area (Å²) in [5, 5.41) is 10.7. The Kier molecular flexibility index (Phi) is 5.69. The van der Waals surface area contributed by atoms with E-state index in [9.17, 15) is 14.5 Å². The summed E-state index contributed by atoms with van der Waals surface area (Å²) in [6, 6.07) is 3.98. The first-order valence-electron chi connectivity index (χ1n) is 9.32. The lowest BCUT2D eigenvalue weighted by Gasteiger charge is -2.34. The maximum Gasteiger partial charge on any atom is 0.272 e. The summed E-state index contributed by atoms with van der Waals surface area (Å²) in [6.07, 6.45) is 11.9. The van der Waals surface area contributed by atoms with Gasteiger partial charge in [0.1, 0.15) is 0 Å². The van der Waals surface area contributed by atoms with Crippen LogP contribution in [-0.2, 0) is 0 Å². The second-order valence-electron chi connectivity index (χ2n) is 7.40. The molecule has 0 bridgehead atoms. The first-order valence-corrected chi connectivity index (χ1v) is 9.32. The number of nitro benzene ring substituents is 1. The molecule has 132 valence electrons. The molecule has 0 atom stereocenters. The fraction of sp³-hybridized carbons (Fsp3) is 0.684. The minimum Gasteiger partial charge on any atom is -0.369 e. The number of halogens is 1. The molecule has 4 nitrogen and oxygen atoms in total. The van der Waals surface area contributed by atoms with Crippen molar-refractivity contribution in [3.8, 4) is 0 Å². The van der Waals surface area contributed by atoms with Crippen LogP contribution in [-0.4, -0.2) is 18.0 Å². The third kappa shape index (κ3) is 4.25. The minimum atomic E-state index is -0.551. The third-order valence-electron chi connectivity index (χ3n) is 5.81. The molecule has 5 heteroatoms. The van der Waals surface area contributed by atoms with Crippen molar-refractivity contribution in [2.45, 2.75) is 57.8 Å². The predicted octanol–water partition coefficient (Wildman–Crippen LogP) is 5.31. The number of rotatable bonds is 5. The Morgan fingerprint density at radius 1 is 1.04 bits per heavy atom. The van der Waals surface area contributed by atoms with Gasteiger partial charge in [0.05, 0.1) is 16.7 Å². The molecule has 1 aliphatic heterocycles. The van der Waals surface area contributed by atoms with E-state index in [0.29, 0.717) is 5.69 Å². The third-order valence-corrected chi connectivity index (χ3v) is 5.81. The zero-order valence-electron chi connectivity index (χ0n) is 14.3. The molecule has 2 aliphatic rings. The quantitative estimate of drug-likeness (QED) is 0.541. The van der Waals surface area contributed by atoms with Crippen LogP contribution >= 0.6 is 0 Å². The number of hydrogen-bond donors (Lipinski definition) is 0. The molecule has 1 heterocycles. The molecule has 1 aromatic rings. The summed E-state index contributed by atoms with van der Waals surface area (Å²) in [7, 11) is 0. The topological polar surface area (TPSA) is 46.4 Å². The van der Waals surface area contributed by atoms with Crippen LogP contribution in [0.3, 0.4) is 0 Å². The normalized spacial score (nSPS) is 20.3. The molecule has 0 N–H and O–H groups in total. The molecular weight excluding hydrogens is 307 g/mol. The van der Waals surface area contributed by atoms with Crippen molar-refractivity contribution in [3.05, 3.63) is 34.1 Å². The zero-order chi connectivity index (χ0) is 16.9. The Morgan fingerprint density at radius 3 is 2.25 bits per heavy atom. The maximum atomic E-state index is 14.1. The monoisotopic (exact) mass is 334 g/mol. The summed E-state index contributed by atoms with van der Waals surface area (Å²) in [5.74, 6) is 1.21. The number of benzene rings is 1. The number of hydrogen-bond acceptors (Lipinski definition) is 3. The molecule has 1 saturated heterocycles. The van der Waals surface area contributed by atoms with Crippen LogP contribution in [0.15, 0.2) is 18.2 Å². The largest absolute Gasteiger partial charge is 0.369 e. The summed E-state index contributed by atoms with van der Waals surface area (Å²) in [6.45, 7) is 1.70. The van der Waals surface area contributed by atoms with Crippen LogP contribution < -0.4 is 4.90 Å². The molecule has 1 saturated carbocycles. The first-order chi connectivity index (χ1) is 11.6. The fourth-order valence-electron chi connectivity index (χ4n) is 4.28. The van der Waals surface area contributed by atoms with E-state index in [1.54, 1.807) is 6.07 Å². The minimum absolute atomic E-state index is 0.182. The van der Waals surface area contributed by atoms with E-state index < -0.39 is 10.7 Å². The molecule has 2 fully saturated rings. The number of nitro groups is 1. The summed E-state index contributed by atoms with van der Waals surface area (Å²) in [4.78, 5) is 12.2. The molecular formula is C19H27FN2O2. The van der Waals surface area contributed by atoms with E-state index >= 15 is 0 Å². The number of non-ortho nitro benzene ring substituents is 1. The zero-order valence-corrected chi connectivity index (χ0v) is 14.3. The van der Waals surface area contributed by atoms with Crippen LogP contribution in [0.5, 0.6) is 0 Å². The van der Waals surface area contributed by atoms with E-state index in [-0.39, 0.29) is 5.69 Å². The highest BCUT2D eigenvalue weighted by Gasteiger charge is 2.23. The Balaban J connectivity index is 1.48. The fourth-order valence-corrected chi connectivity index (χ4v) is 4.28. The second-order valence-corrected chi connectivity index (χ2v) is 7.40. The smallest absolute Gasteiger partial charge is 0.272 e. The Bertz CT molecular complexity index is 564. The van der Waals surface area contributed by atoms with Gasteiger partial charge in [0, 0.05) is 19.2 Å². The Hall–Kier alpha value is -1.65. The number of nitrogens with zero attached hydrogens (tertiary/aromatic N) is 2. The van der Waals surface area contributed by atoms with E-state index in [1.165, 1.54) is 51.0 Å². The van der Waals surface area contributed by atoms with Crippen molar-refractivity contribution in [2.24, 2.45) is 11.8 Å². The van der Waals surface area contributed by atoms with Crippen LogP contribution in [0.4, 0.5) is 15.8 Å². The van der Waals surface area contributed by atoms with E-state index in [2.05, 4.69) is 0 Å². The molecule has 0 unspecified atom stereocenters. The number of anilines is 1. The predicted molar refractivity (Wildman–Crippen MR) is 93.8 cm³/mol. The highest BCUT2D eigenvalue weighted by atomic mass is 19.1. The molecule has 0 amide bonds. The average molecular weight is 334 g/mol.